The fourth-order valence-electron chi connectivity index (χ4n) is 2.74. The van der Waals surface area contributed by atoms with Crippen LogP contribution >= 0.6 is 0 Å². The zero-order chi connectivity index (χ0) is 17.7. The first-order chi connectivity index (χ1) is 11.4. The molecular weight excluding hydrogens is 312 g/mol. The maximum atomic E-state index is 11.9. The number of carbonyl (C=O) groups is 3. The van der Waals surface area contributed by atoms with E-state index in [9.17, 15) is 14.4 Å². The first kappa shape index (κ1) is 18.0. The van der Waals surface area contributed by atoms with Crippen LogP contribution < -0.4 is 10.6 Å². The van der Waals surface area contributed by atoms with Crippen molar-refractivity contribution in [2.45, 2.75) is 52.5 Å². The first-order valence-corrected chi connectivity index (χ1v) is 8.17. The number of hydrogen-bond donors (Lipinski definition) is 2. The largest absolute Gasteiger partial charge is 0.361 e. The SMILES string of the molecule is Cc1noc(C)c1CC(C)NC(=O)NCCCN1C(=O)CCC1=O. The van der Waals surface area contributed by atoms with Crippen molar-refractivity contribution < 1.29 is 18.9 Å². The van der Waals surface area contributed by atoms with Crippen molar-refractivity contribution in [3.05, 3.63) is 17.0 Å². The lowest BCUT2D eigenvalue weighted by Gasteiger charge is -2.16. The summed E-state index contributed by atoms with van der Waals surface area (Å²) in [7, 11) is 0. The van der Waals surface area contributed by atoms with Gasteiger partial charge in [-0.25, -0.2) is 4.79 Å². The van der Waals surface area contributed by atoms with Gasteiger partial charge in [0.2, 0.25) is 11.8 Å². The lowest BCUT2D eigenvalue weighted by molar-refractivity contribution is -0.138. The summed E-state index contributed by atoms with van der Waals surface area (Å²) in [4.78, 5) is 36.0. The van der Waals surface area contributed by atoms with Crippen molar-refractivity contribution in [1.82, 2.24) is 20.7 Å². The van der Waals surface area contributed by atoms with Crippen molar-refractivity contribution in [2.75, 3.05) is 13.1 Å². The van der Waals surface area contributed by atoms with Crippen molar-refractivity contribution >= 4 is 17.8 Å². The molecule has 2 rings (SSSR count). The van der Waals surface area contributed by atoms with Crippen molar-refractivity contribution in [1.29, 1.82) is 0 Å². The molecular formula is C16H24N4O4. The Morgan fingerprint density at radius 3 is 2.54 bits per heavy atom. The summed E-state index contributed by atoms with van der Waals surface area (Å²) in [5, 5.41) is 9.49. The van der Waals surface area contributed by atoms with Crippen LogP contribution in [0.1, 0.15) is 43.2 Å². The molecule has 24 heavy (non-hydrogen) atoms. The second-order valence-electron chi connectivity index (χ2n) is 6.10. The fraction of sp³-hybridized carbons (Fsp3) is 0.625. The average Bonchev–Trinajstić information content (AvgIpc) is 3.00. The lowest BCUT2D eigenvalue weighted by atomic mass is 10.1. The summed E-state index contributed by atoms with van der Waals surface area (Å²) in [5.74, 6) is 0.511. The molecule has 1 fully saturated rings. The van der Waals surface area contributed by atoms with Gasteiger partial charge in [0, 0.05) is 37.5 Å². The maximum absolute atomic E-state index is 11.9. The molecule has 2 N–H and O–H groups in total. The molecule has 1 aliphatic rings. The highest BCUT2D eigenvalue weighted by Crippen LogP contribution is 2.14. The zero-order valence-corrected chi connectivity index (χ0v) is 14.3. The normalized spacial score (nSPS) is 15.7. The predicted molar refractivity (Wildman–Crippen MR) is 86.2 cm³/mol. The Kier molecular flexibility index (Phi) is 5.94. The Balaban J connectivity index is 1.66. The summed E-state index contributed by atoms with van der Waals surface area (Å²) < 4.78 is 5.11. The van der Waals surface area contributed by atoms with Gasteiger partial charge in [0.05, 0.1) is 5.69 Å². The minimum Gasteiger partial charge on any atom is -0.361 e. The van der Waals surface area contributed by atoms with Gasteiger partial charge in [0.15, 0.2) is 0 Å². The van der Waals surface area contributed by atoms with Gasteiger partial charge in [0.25, 0.3) is 0 Å². The van der Waals surface area contributed by atoms with Gasteiger partial charge in [-0.15, -0.1) is 0 Å². The summed E-state index contributed by atoms with van der Waals surface area (Å²) >= 11 is 0. The Hall–Kier alpha value is -2.38. The number of imide groups is 1. The molecule has 0 aliphatic carbocycles. The number of urea groups is 1. The second-order valence-corrected chi connectivity index (χ2v) is 6.10. The Bertz CT molecular complexity index is 590. The van der Waals surface area contributed by atoms with E-state index in [-0.39, 0.29) is 23.9 Å². The summed E-state index contributed by atoms with van der Waals surface area (Å²) in [6, 6.07) is -0.336. The number of nitrogens with zero attached hydrogens (tertiary/aromatic N) is 2. The molecule has 1 unspecified atom stereocenters. The first-order valence-electron chi connectivity index (χ1n) is 8.17. The van der Waals surface area contributed by atoms with Gasteiger partial charge >= 0.3 is 6.03 Å². The third-order valence-electron chi connectivity index (χ3n) is 4.07. The van der Waals surface area contributed by atoms with Crippen LogP contribution in [-0.4, -0.2) is 47.0 Å². The van der Waals surface area contributed by atoms with Crippen molar-refractivity contribution in [3.63, 3.8) is 0 Å². The van der Waals surface area contributed by atoms with Crippen LogP contribution in [0.3, 0.4) is 0 Å². The van der Waals surface area contributed by atoms with E-state index in [0.29, 0.717) is 38.8 Å². The van der Waals surface area contributed by atoms with Gasteiger partial charge in [-0.2, -0.15) is 0 Å². The fourth-order valence-corrected chi connectivity index (χ4v) is 2.74. The molecule has 8 nitrogen and oxygen atoms in total. The number of aromatic nitrogens is 1. The quantitative estimate of drug-likeness (QED) is 0.572. The summed E-state index contributed by atoms with van der Waals surface area (Å²) in [5.41, 5.74) is 1.84. The standard InChI is InChI=1S/C16H24N4O4/c1-10(9-13-11(2)19-24-12(13)3)18-16(23)17-7-4-8-20-14(21)5-6-15(20)22/h10H,4-9H2,1-3H3,(H2,17,18,23). The van der Waals surface area contributed by atoms with Gasteiger partial charge in [-0.05, 0) is 33.6 Å². The summed E-state index contributed by atoms with van der Waals surface area (Å²) in [6.45, 7) is 6.39. The van der Waals surface area contributed by atoms with E-state index in [1.807, 2.05) is 20.8 Å². The van der Waals surface area contributed by atoms with E-state index in [0.717, 1.165) is 17.0 Å². The van der Waals surface area contributed by atoms with E-state index >= 15 is 0 Å². The Morgan fingerprint density at radius 1 is 1.29 bits per heavy atom. The molecule has 2 heterocycles. The number of hydrogen-bond acceptors (Lipinski definition) is 5. The van der Waals surface area contributed by atoms with Crippen LogP contribution in [0.4, 0.5) is 4.79 Å². The van der Waals surface area contributed by atoms with E-state index in [2.05, 4.69) is 15.8 Å². The van der Waals surface area contributed by atoms with E-state index in [1.54, 1.807) is 0 Å². The molecule has 0 aromatic carbocycles. The minimum atomic E-state index is -0.270. The average molecular weight is 336 g/mol. The molecule has 1 aromatic rings. The van der Waals surface area contributed by atoms with E-state index in [4.69, 9.17) is 4.52 Å². The highest BCUT2D eigenvalue weighted by molar-refractivity contribution is 6.01. The number of nitrogens with one attached hydrogen (secondary N) is 2. The monoisotopic (exact) mass is 336 g/mol. The molecule has 1 aliphatic heterocycles. The molecule has 0 saturated carbocycles. The van der Waals surface area contributed by atoms with Gasteiger partial charge < -0.3 is 15.2 Å². The molecule has 1 saturated heterocycles. The lowest BCUT2D eigenvalue weighted by Crippen LogP contribution is -2.42. The number of carbonyl (C=O) groups excluding carboxylic acids is 3. The molecule has 8 heteroatoms. The van der Waals surface area contributed by atoms with Crippen molar-refractivity contribution in [2.24, 2.45) is 0 Å². The predicted octanol–water partition coefficient (Wildman–Crippen LogP) is 1.06. The molecule has 0 bridgehead atoms. The minimum absolute atomic E-state index is 0.0662. The van der Waals surface area contributed by atoms with Gasteiger partial charge in [-0.1, -0.05) is 5.16 Å². The topological polar surface area (TPSA) is 105 Å². The van der Waals surface area contributed by atoms with Crippen LogP contribution in [0.5, 0.6) is 0 Å². The van der Waals surface area contributed by atoms with Crippen LogP contribution in [0, 0.1) is 13.8 Å². The number of rotatable bonds is 7. The number of likely N-dealkylation sites (tertiary alicyclic amines) is 1. The number of amides is 4. The number of aryl methyl sites for hydroxylation is 2. The molecule has 132 valence electrons. The molecule has 1 atom stereocenters. The second kappa shape index (κ2) is 7.94. The molecule has 1 aromatic heterocycles. The van der Waals surface area contributed by atoms with Crippen molar-refractivity contribution in [3.8, 4) is 0 Å². The van der Waals surface area contributed by atoms with Gasteiger partial charge in [0.1, 0.15) is 5.76 Å². The van der Waals surface area contributed by atoms with Crippen LogP contribution in [0.25, 0.3) is 0 Å². The van der Waals surface area contributed by atoms with E-state index < -0.39 is 0 Å². The third-order valence-corrected chi connectivity index (χ3v) is 4.07. The molecule has 0 spiro atoms. The summed E-state index contributed by atoms with van der Waals surface area (Å²) in [6.07, 6.45) is 1.78. The molecule has 0 radical (unpaired) electrons. The van der Waals surface area contributed by atoms with Crippen LogP contribution in [0.2, 0.25) is 0 Å². The smallest absolute Gasteiger partial charge is 0.315 e. The van der Waals surface area contributed by atoms with Crippen LogP contribution in [0.15, 0.2) is 4.52 Å². The van der Waals surface area contributed by atoms with Crippen LogP contribution in [-0.2, 0) is 16.0 Å². The highest BCUT2D eigenvalue weighted by atomic mass is 16.5. The molecule has 4 amide bonds. The Labute approximate surface area is 140 Å². The Morgan fingerprint density at radius 2 is 1.96 bits per heavy atom. The van der Waals surface area contributed by atoms with Gasteiger partial charge in [-0.3, -0.25) is 14.5 Å². The maximum Gasteiger partial charge on any atom is 0.315 e. The third kappa shape index (κ3) is 4.56. The highest BCUT2D eigenvalue weighted by Gasteiger charge is 2.27. The van der Waals surface area contributed by atoms with E-state index in [1.165, 1.54) is 4.90 Å². The zero-order valence-electron chi connectivity index (χ0n) is 14.3.